The van der Waals surface area contributed by atoms with E-state index in [2.05, 4.69) is 0 Å². The molecule has 0 atom stereocenters. The highest BCUT2D eigenvalue weighted by Crippen LogP contribution is 2.22. The highest BCUT2D eigenvalue weighted by atomic mass is 32.2. The number of hydrogen-bond donors (Lipinski definition) is 1. The predicted molar refractivity (Wildman–Crippen MR) is 60.7 cm³/mol. The van der Waals surface area contributed by atoms with Gasteiger partial charge >= 0.3 is 10.3 Å². The van der Waals surface area contributed by atoms with Gasteiger partial charge in [0.1, 0.15) is 4.15 Å². The third kappa shape index (κ3) is 2.37. The Morgan fingerprint density at radius 1 is 1.29 bits per heavy atom. The van der Waals surface area contributed by atoms with E-state index in [0.29, 0.717) is 9.91 Å². The molecule has 0 amide bonds. The number of aromatic nitrogens is 1. The SMILES string of the molecule is CCc1ccccc1-c1cc[n+](S(=O)(=O)O)o1. The molecule has 2 aromatic rings. The van der Waals surface area contributed by atoms with Crippen molar-refractivity contribution >= 4 is 10.3 Å². The van der Waals surface area contributed by atoms with Crippen LogP contribution in [0.5, 0.6) is 0 Å². The molecular weight excluding hydrogens is 242 g/mol. The van der Waals surface area contributed by atoms with E-state index in [-0.39, 0.29) is 0 Å². The standard InChI is InChI=1S/C11H11NO4S/c1-2-9-5-3-4-6-10(9)11-7-8-12(16-11)17(13,14)15/h3-8H,2H2,1H3/p+1. The first-order valence-electron chi connectivity index (χ1n) is 5.10. The van der Waals surface area contributed by atoms with Crippen molar-refractivity contribution in [1.29, 1.82) is 0 Å². The second kappa shape index (κ2) is 4.31. The van der Waals surface area contributed by atoms with Crippen molar-refractivity contribution in [1.82, 2.24) is 0 Å². The number of nitrogens with zero attached hydrogens (tertiary/aromatic N) is 1. The van der Waals surface area contributed by atoms with Crippen molar-refractivity contribution < 1.29 is 21.6 Å². The molecule has 0 radical (unpaired) electrons. The maximum absolute atomic E-state index is 10.9. The normalized spacial score (nSPS) is 11.6. The van der Waals surface area contributed by atoms with Crippen LogP contribution in [-0.4, -0.2) is 13.0 Å². The molecule has 17 heavy (non-hydrogen) atoms. The Morgan fingerprint density at radius 2 is 2.00 bits per heavy atom. The summed E-state index contributed by atoms with van der Waals surface area (Å²) in [6.07, 6.45) is 1.97. The summed E-state index contributed by atoms with van der Waals surface area (Å²) in [5, 5.41) is 0. The molecule has 6 heteroatoms. The summed E-state index contributed by atoms with van der Waals surface area (Å²) in [5.74, 6) is 0.403. The highest BCUT2D eigenvalue weighted by Gasteiger charge is 2.24. The summed E-state index contributed by atoms with van der Waals surface area (Å²) >= 11 is 0. The Morgan fingerprint density at radius 3 is 2.59 bits per heavy atom. The average molecular weight is 254 g/mol. The third-order valence-electron chi connectivity index (χ3n) is 2.43. The van der Waals surface area contributed by atoms with Crippen LogP contribution in [0.2, 0.25) is 0 Å². The van der Waals surface area contributed by atoms with Gasteiger partial charge in [0.2, 0.25) is 12.0 Å². The van der Waals surface area contributed by atoms with Gasteiger partial charge in [0.15, 0.2) is 0 Å². The summed E-state index contributed by atoms with van der Waals surface area (Å²) < 4.78 is 36.0. The largest absolute Gasteiger partial charge is 0.553 e. The van der Waals surface area contributed by atoms with E-state index >= 15 is 0 Å². The number of benzene rings is 1. The molecule has 0 saturated heterocycles. The fraction of sp³-hybridized carbons (Fsp3) is 0.182. The Bertz CT molecular complexity index is 630. The number of rotatable bonds is 3. The molecule has 0 aliphatic rings. The van der Waals surface area contributed by atoms with Gasteiger partial charge in [-0.05, 0) is 12.0 Å². The van der Waals surface area contributed by atoms with Gasteiger partial charge in [-0.1, -0.05) is 31.2 Å². The Labute approximate surface area is 99.2 Å². The molecule has 0 bridgehead atoms. The molecule has 0 unspecified atom stereocenters. The van der Waals surface area contributed by atoms with Crippen molar-refractivity contribution in [3.05, 3.63) is 42.1 Å². The highest BCUT2D eigenvalue weighted by molar-refractivity contribution is 7.78. The molecule has 0 fully saturated rings. The summed E-state index contributed by atoms with van der Waals surface area (Å²) in [6.45, 7) is 2.00. The van der Waals surface area contributed by atoms with Gasteiger partial charge in [0.25, 0.3) is 0 Å². The molecule has 1 aromatic heterocycles. The van der Waals surface area contributed by atoms with Crippen LogP contribution >= 0.6 is 0 Å². The molecule has 0 aliphatic heterocycles. The van der Waals surface area contributed by atoms with Crippen molar-refractivity contribution in [2.45, 2.75) is 13.3 Å². The van der Waals surface area contributed by atoms with E-state index in [0.717, 1.165) is 23.7 Å². The summed E-state index contributed by atoms with van der Waals surface area (Å²) in [6, 6.07) is 9.03. The van der Waals surface area contributed by atoms with Gasteiger partial charge in [0, 0.05) is 5.56 Å². The lowest BCUT2D eigenvalue weighted by Crippen LogP contribution is -2.39. The molecule has 5 nitrogen and oxygen atoms in total. The van der Waals surface area contributed by atoms with Crippen LogP contribution in [0.4, 0.5) is 0 Å². The van der Waals surface area contributed by atoms with Gasteiger partial charge in [-0.25, -0.2) is 9.08 Å². The average Bonchev–Trinajstić information content (AvgIpc) is 2.77. The van der Waals surface area contributed by atoms with Crippen LogP contribution < -0.4 is 4.15 Å². The monoisotopic (exact) mass is 254 g/mol. The Balaban J connectivity index is 2.51. The molecule has 1 N–H and O–H groups in total. The maximum Gasteiger partial charge on any atom is 0.553 e. The molecule has 0 spiro atoms. The first kappa shape index (κ1) is 11.8. The van der Waals surface area contributed by atoms with E-state index in [1.807, 2.05) is 31.2 Å². The first-order chi connectivity index (χ1) is 8.02. The van der Waals surface area contributed by atoms with E-state index < -0.39 is 10.3 Å². The zero-order valence-electron chi connectivity index (χ0n) is 9.20. The predicted octanol–water partition coefficient (Wildman–Crippen LogP) is 1.45. The van der Waals surface area contributed by atoms with Crippen molar-refractivity contribution in [3.63, 3.8) is 0 Å². The molecule has 90 valence electrons. The second-order valence-electron chi connectivity index (χ2n) is 3.52. The van der Waals surface area contributed by atoms with Crippen molar-refractivity contribution in [2.24, 2.45) is 0 Å². The molecule has 1 aromatic carbocycles. The lowest BCUT2D eigenvalue weighted by Gasteiger charge is -2.01. The minimum Gasteiger partial charge on any atom is -0.230 e. The van der Waals surface area contributed by atoms with Gasteiger partial charge < -0.3 is 0 Å². The quantitative estimate of drug-likeness (QED) is 0.664. The molecular formula is C11H12NO4S+. The smallest absolute Gasteiger partial charge is 0.230 e. The van der Waals surface area contributed by atoms with Gasteiger partial charge in [-0.15, -0.1) is 8.42 Å². The lowest BCUT2D eigenvalue weighted by atomic mass is 10.0. The minimum atomic E-state index is -4.36. The fourth-order valence-corrected chi connectivity index (χ4v) is 2.01. The molecule has 1 heterocycles. The summed E-state index contributed by atoms with van der Waals surface area (Å²) in [4.78, 5) is 0. The van der Waals surface area contributed by atoms with E-state index in [4.69, 9.17) is 9.08 Å². The summed E-state index contributed by atoms with van der Waals surface area (Å²) in [5.41, 5.74) is 1.86. The number of hydrogen-bond acceptors (Lipinski definition) is 3. The molecule has 0 saturated carbocycles. The van der Waals surface area contributed by atoms with Crippen LogP contribution in [0.1, 0.15) is 12.5 Å². The maximum atomic E-state index is 10.9. The number of aryl methyl sites for hydroxylation is 1. The molecule has 2 rings (SSSR count). The topological polar surface area (TPSA) is 71.4 Å². The van der Waals surface area contributed by atoms with Crippen LogP contribution in [0, 0.1) is 0 Å². The summed E-state index contributed by atoms with van der Waals surface area (Å²) in [7, 11) is -4.36. The van der Waals surface area contributed by atoms with E-state index in [9.17, 15) is 8.42 Å². The van der Waals surface area contributed by atoms with Crippen LogP contribution in [0.3, 0.4) is 0 Å². The molecule has 0 aliphatic carbocycles. The Kier molecular flexibility index (Phi) is 2.99. The van der Waals surface area contributed by atoms with Crippen LogP contribution in [0.25, 0.3) is 11.3 Å². The Hall–Kier alpha value is -1.66. The van der Waals surface area contributed by atoms with Crippen molar-refractivity contribution in [3.8, 4) is 11.3 Å². The zero-order chi connectivity index (χ0) is 12.5. The fourth-order valence-electron chi connectivity index (χ4n) is 1.62. The zero-order valence-corrected chi connectivity index (χ0v) is 10.0. The van der Waals surface area contributed by atoms with E-state index in [1.165, 1.54) is 6.07 Å². The lowest BCUT2D eigenvalue weighted by molar-refractivity contribution is -0.718. The van der Waals surface area contributed by atoms with Gasteiger partial charge in [-0.2, -0.15) is 0 Å². The third-order valence-corrected chi connectivity index (χ3v) is 3.08. The first-order valence-corrected chi connectivity index (χ1v) is 6.50. The van der Waals surface area contributed by atoms with Crippen LogP contribution in [-0.2, 0) is 16.7 Å². The van der Waals surface area contributed by atoms with Gasteiger partial charge in [0.05, 0.1) is 6.07 Å². The van der Waals surface area contributed by atoms with E-state index in [1.54, 1.807) is 0 Å². The van der Waals surface area contributed by atoms with Gasteiger partial charge in [-0.3, -0.25) is 0 Å². The van der Waals surface area contributed by atoms with Crippen molar-refractivity contribution in [2.75, 3.05) is 0 Å². The van der Waals surface area contributed by atoms with Crippen LogP contribution in [0.15, 0.2) is 41.1 Å². The minimum absolute atomic E-state index is 0.403. The second-order valence-corrected chi connectivity index (χ2v) is 4.77.